The van der Waals surface area contributed by atoms with E-state index < -0.39 is 99.2 Å². The predicted octanol–water partition coefficient (Wildman–Crippen LogP) is -5.52. The Morgan fingerprint density at radius 1 is 0.656 bits per heavy atom. The Labute approximate surface area is 183 Å². The molecule has 0 saturated carbocycles. The number of ether oxygens (including phenoxy) is 5. The largest absolute Gasteiger partial charge is 0.394 e. The lowest BCUT2D eigenvalue weighted by atomic mass is 9.96. The number of hydrogen-bond acceptors (Lipinski definition) is 14. The van der Waals surface area contributed by atoms with Crippen LogP contribution in [0.15, 0.2) is 0 Å². The second kappa shape index (κ2) is 10.8. The summed E-state index contributed by atoms with van der Waals surface area (Å²) in [6.07, 6.45) is -20.4. The minimum Gasteiger partial charge on any atom is -0.394 e. The summed E-state index contributed by atoms with van der Waals surface area (Å²) in [4.78, 5) is 0. The average Bonchev–Trinajstić information content (AvgIpc) is 2.76. The first-order valence-corrected chi connectivity index (χ1v) is 10.3. The molecule has 0 bridgehead atoms. The zero-order chi connectivity index (χ0) is 23.7. The molecule has 0 aliphatic carbocycles. The van der Waals surface area contributed by atoms with Crippen LogP contribution < -0.4 is 0 Å². The highest BCUT2D eigenvalue weighted by atomic mass is 16.8. The van der Waals surface area contributed by atoms with E-state index >= 15 is 0 Å². The first kappa shape index (κ1) is 26.1. The van der Waals surface area contributed by atoms with Crippen molar-refractivity contribution in [3.8, 4) is 0 Å². The molecule has 3 aliphatic rings. The van der Waals surface area contributed by atoms with Crippen molar-refractivity contribution in [1.82, 2.24) is 0 Å². The van der Waals surface area contributed by atoms with Gasteiger partial charge in [-0.1, -0.05) is 0 Å². The zero-order valence-corrected chi connectivity index (χ0v) is 17.3. The van der Waals surface area contributed by atoms with Crippen molar-refractivity contribution < 1.29 is 69.6 Å². The van der Waals surface area contributed by atoms with Crippen molar-refractivity contribution in [3.05, 3.63) is 0 Å². The molecule has 32 heavy (non-hydrogen) atoms. The topological polar surface area (TPSA) is 228 Å². The maximum absolute atomic E-state index is 10.6. The van der Waals surface area contributed by atoms with E-state index in [4.69, 9.17) is 23.7 Å². The maximum Gasteiger partial charge on any atom is 0.187 e. The lowest BCUT2D eigenvalue weighted by Crippen LogP contribution is -2.65. The summed E-state index contributed by atoms with van der Waals surface area (Å²) >= 11 is 0. The fraction of sp³-hybridized carbons (Fsp3) is 1.00. The Hall–Kier alpha value is -0.560. The van der Waals surface area contributed by atoms with Crippen molar-refractivity contribution >= 4 is 0 Å². The average molecular weight is 472 g/mol. The second-order valence-corrected chi connectivity index (χ2v) is 8.22. The molecule has 0 spiro atoms. The van der Waals surface area contributed by atoms with E-state index in [9.17, 15) is 46.0 Å². The van der Waals surface area contributed by atoms with Gasteiger partial charge in [0.15, 0.2) is 18.9 Å². The van der Waals surface area contributed by atoms with E-state index in [2.05, 4.69) is 0 Å². The number of aliphatic hydroxyl groups is 9. The van der Waals surface area contributed by atoms with Crippen LogP contribution >= 0.6 is 0 Å². The Kier molecular flexibility index (Phi) is 8.79. The third-order valence-electron chi connectivity index (χ3n) is 5.94. The standard InChI is InChI=1S/C18H32O14/c1-5-6(21)2-7(22)17(28-5)31-14-11(24)9(4-20)29-16(27)15(14)32-18-13(26)12(25)10(23)8(3-19)30-18/h5-27H,2-4H2,1H3/t5-,6+,7-,8-,9-,10+,11-,12+,13-,14+,15+,16?,17-,18-/m1/s1. The van der Waals surface area contributed by atoms with Gasteiger partial charge in [0.25, 0.3) is 0 Å². The summed E-state index contributed by atoms with van der Waals surface area (Å²) in [5.74, 6) is 0. The smallest absolute Gasteiger partial charge is 0.187 e. The van der Waals surface area contributed by atoms with Crippen molar-refractivity contribution in [3.63, 3.8) is 0 Å². The predicted molar refractivity (Wildman–Crippen MR) is 98.5 cm³/mol. The minimum atomic E-state index is -1.82. The van der Waals surface area contributed by atoms with Gasteiger partial charge in [-0.25, -0.2) is 0 Å². The van der Waals surface area contributed by atoms with Crippen LogP contribution in [0.3, 0.4) is 0 Å². The molecule has 14 nitrogen and oxygen atoms in total. The van der Waals surface area contributed by atoms with Gasteiger partial charge in [0, 0.05) is 6.42 Å². The van der Waals surface area contributed by atoms with Crippen LogP contribution in [0.25, 0.3) is 0 Å². The molecule has 3 heterocycles. The molecule has 3 rings (SSSR count). The fourth-order valence-electron chi connectivity index (χ4n) is 3.91. The summed E-state index contributed by atoms with van der Waals surface area (Å²) in [6.45, 7) is 0.126. The van der Waals surface area contributed by atoms with Crippen LogP contribution in [0.5, 0.6) is 0 Å². The first-order chi connectivity index (χ1) is 15.1. The van der Waals surface area contributed by atoms with Gasteiger partial charge < -0.3 is 69.6 Å². The van der Waals surface area contributed by atoms with Gasteiger partial charge in [0.1, 0.15) is 54.9 Å². The molecular formula is C18H32O14. The molecular weight excluding hydrogens is 440 g/mol. The molecule has 0 aromatic heterocycles. The Morgan fingerprint density at radius 2 is 1.25 bits per heavy atom. The van der Waals surface area contributed by atoms with Gasteiger partial charge in [0.05, 0.1) is 25.4 Å². The Balaban J connectivity index is 1.79. The highest BCUT2D eigenvalue weighted by Crippen LogP contribution is 2.32. The molecule has 0 aromatic carbocycles. The number of rotatable bonds is 6. The van der Waals surface area contributed by atoms with Gasteiger partial charge in [-0.15, -0.1) is 0 Å². The Morgan fingerprint density at radius 3 is 1.88 bits per heavy atom. The molecule has 3 aliphatic heterocycles. The molecule has 14 heteroatoms. The van der Waals surface area contributed by atoms with E-state index in [1.165, 1.54) is 0 Å². The van der Waals surface area contributed by atoms with Crippen molar-refractivity contribution in [2.75, 3.05) is 13.2 Å². The van der Waals surface area contributed by atoms with Crippen molar-refractivity contribution in [2.45, 2.75) is 99.4 Å². The quantitative estimate of drug-likeness (QED) is 0.176. The summed E-state index contributed by atoms with van der Waals surface area (Å²) < 4.78 is 27.0. The second-order valence-electron chi connectivity index (χ2n) is 8.22. The van der Waals surface area contributed by atoms with E-state index in [0.717, 1.165) is 0 Å². The van der Waals surface area contributed by atoms with Crippen molar-refractivity contribution in [2.24, 2.45) is 0 Å². The third kappa shape index (κ3) is 5.24. The molecule has 9 N–H and O–H groups in total. The minimum absolute atomic E-state index is 0.0879. The summed E-state index contributed by atoms with van der Waals surface area (Å²) in [5.41, 5.74) is 0. The van der Waals surface area contributed by atoms with Crippen LogP contribution in [0.2, 0.25) is 0 Å². The maximum atomic E-state index is 10.6. The monoisotopic (exact) mass is 472 g/mol. The third-order valence-corrected chi connectivity index (χ3v) is 5.94. The lowest BCUT2D eigenvalue weighted by molar-refractivity contribution is -0.382. The fourth-order valence-corrected chi connectivity index (χ4v) is 3.91. The molecule has 3 fully saturated rings. The SMILES string of the molecule is C[C@H]1O[C@H](O[C@H]2[C@H](O)[C@@H](CO)OC(O)[C@H]2O[C@H]2O[C@H](CO)[C@H](O)[C@H](O)[C@H]2O)[C@H](O)C[C@@H]1O. The van der Waals surface area contributed by atoms with Gasteiger partial charge in [-0.3, -0.25) is 0 Å². The van der Waals surface area contributed by atoms with E-state index in [1.807, 2.05) is 0 Å². The van der Waals surface area contributed by atoms with Gasteiger partial charge in [-0.2, -0.15) is 0 Å². The van der Waals surface area contributed by atoms with Gasteiger partial charge in [0.2, 0.25) is 0 Å². The molecule has 14 atom stereocenters. The molecule has 1 unspecified atom stereocenters. The Bertz CT molecular complexity index is 594. The van der Waals surface area contributed by atoms with Gasteiger partial charge in [-0.05, 0) is 6.92 Å². The highest BCUT2D eigenvalue weighted by molar-refractivity contribution is 4.95. The summed E-state index contributed by atoms with van der Waals surface area (Å²) in [5, 5.41) is 89.9. The molecule has 0 amide bonds. The lowest BCUT2D eigenvalue weighted by Gasteiger charge is -2.47. The van der Waals surface area contributed by atoms with Crippen molar-refractivity contribution in [1.29, 1.82) is 0 Å². The number of aliphatic hydroxyl groups excluding tert-OH is 9. The molecule has 3 saturated heterocycles. The highest BCUT2D eigenvalue weighted by Gasteiger charge is 2.52. The zero-order valence-electron chi connectivity index (χ0n) is 17.3. The molecule has 0 aromatic rings. The van der Waals surface area contributed by atoms with Crippen LogP contribution in [0.1, 0.15) is 13.3 Å². The number of hydrogen-bond donors (Lipinski definition) is 9. The normalized spacial score (nSPS) is 52.7. The summed E-state index contributed by atoms with van der Waals surface area (Å²) in [7, 11) is 0. The van der Waals surface area contributed by atoms with E-state index in [0.29, 0.717) is 0 Å². The van der Waals surface area contributed by atoms with Gasteiger partial charge >= 0.3 is 0 Å². The van der Waals surface area contributed by atoms with E-state index in [-0.39, 0.29) is 6.42 Å². The van der Waals surface area contributed by atoms with Crippen LogP contribution in [-0.4, -0.2) is 145 Å². The first-order valence-electron chi connectivity index (χ1n) is 10.3. The van der Waals surface area contributed by atoms with Crippen LogP contribution in [0.4, 0.5) is 0 Å². The molecule has 188 valence electrons. The van der Waals surface area contributed by atoms with E-state index in [1.54, 1.807) is 6.92 Å². The summed E-state index contributed by atoms with van der Waals surface area (Å²) in [6, 6.07) is 0. The van der Waals surface area contributed by atoms with Crippen LogP contribution in [0, 0.1) is 0 Å². The van der Waals surface area contributed by atoms with Crippen LogP contribution in [-0.2, 0) is 23.7 Å². The molecule has 0 radical (unpaired) electrons.